The van der Waals surface area contributed by atoms with Crippen molar-refractivity contribution in [1.29, 1.82) is 0 Å². The van der Waals surface area contributed by atoms with Crippen molar-refractivity contribution in [2.24, 2.45) is 5.11 Å². The van der Waals surface area contributed by atoms with Crippen LogP contribution in [0, 0.1) is 0 Å². The van der Waals surface area contributed by atoms with Crippen LogP contribution < -0.4 is 0 Å². The second-order valence-electron chi connectivity index (χ2n) is 6.44. The molecule has 0 unspecified atom stereocenters. The molecule has 0 N–H and O–H groups in total. The smallest absolute Gasteiger partial charge is 0.164 e. The van der Waals surface area contributed by atoms with Crippen LogP contribution >= 0.6 is 22.6 Å². The van der Waals surface area contributed by atoms with E-state index in [1.165, 1.54) is 0 Å². The number of fused-ring (bicyclic) bond motifs is 1. The highest BCUT2D eigenvalue weighted by molar-refractivity contribution is 14.1. The molecular formula is C16H20IN3O3. The first-order chi connectivity index (χ1) is 11.0. The number of hydrogen-bond donors (Lipinski definition) is 0. The van der Waals surface area contributed by atoms with Crippen molar-refractivity contribution >= 4 is 22.6 Å². The predicted molar refractivity (Wildman–Crippen MR) is 94.2 cm³/mol. The van der Waals surface area contributed by atoms with Crippen LogP contribution in [0.25, 0.3) is 10.4 Å². The zero-order valence-electron chi connectivity index (χ0n) is 13.2. The van der Waals surface area contributed by atoms with Gasteiger partial charge in [0.25, 0.3) is 0 Å². The third-order valence-electron chi connectivity index (χ3n) is 4.30. The van der Waals surface area contributed by atoms with E-state index in [2.05, 4.69) is 32.6 Å². The number of alkyl halides is 1. The molecule has 0 amide bonds. The van der Waals surface area contributed by atoms with Crippen molar-refractivity contribution in [3.63, 3.8) is 0 Å². The van der Waals surface area contributed by atoms with Gasteiger partial charge in [-0.25, -0.2) is 0 Å². The van der Waals surface area contributed by atoms with Crippen molar-refractivity contribution in [1.82, 2.24) is 0 Å². The van der Waals surface area contributed by atoms with Crippen molar-refractivity contribution in [3.05, 3.63) is 46.3 Å². The topological polar surface area (TPSA) is 76.5 Å². The SMILES string of the molecule is CC1(C)O[C@H]2C[C@@H](I)[C@H](N=[N+]=[N-])[C@@]2(COCc2ccccc2)O1. The van der Waals surface area contributed by atoms with Crippen LogP contribution in [0.3, 0.4) is 0 Å². The Morgan fingerprint density at radius 1 is 1.39 bits per heavy atom. The second-order valence-corrected chi connectivity index (χ2v) is 8.04. The van der Waals surface area contributed by atoms with E-state index in [4.69, 9.17) is 19.7 Å². The minimum Gasteiger partial charge on any atom is -0.374 e. The highest BCUT2D eigenvalue weighted by atomic mass is 127. The molecule has 0 bridgehead atoms. The van der Waals surface area contributed by atoms with E-state index in [1.54, 1.807) is 0 Å². The third kappa shape index (κ3) is 3.34. The van der Waals surface area contributed by atoms with Gasteiger partial charge in [-0.2, -0.15) is 0 Å². The van der Waals surface area contributed by atoms with Crippen LogP contribution in [0.1, 0.15) is 25.8 Å². The molecule has 0 radical (unpaired) electrons. The number of azide groups is 1. The highest BCUT2D eigenvalue weighted by Gasteiger charge is 2.63. The van der Waals surface area contributed by atoms with Gasteiger partial charge in [0.05, 0.1) is 25.4 Å². The van der Waals surface area contributed by atoms with E-state index in [-0.39, 0.29) is 16.1 Å². The highest BCUT2D eigenvalue weighted by Crippen LogP contribution is 2.50. The van der Waals surface area contributed by atoms with Gasteiger partial charge in [-0.3, -0.25) is 0 Å². The second kappa shape index (κ2) is 6.57. The van der Waals surface area contributed by atoms with E-state index in [9.17, 15) is 0 Å². The normalized spacial score (nSPS) is 34.8. The molecule has 4 atom stereocenters. The van der Waals surface area contributed by atoms with E-state index < -0.39 is 11.4 Å². The molecular weight excluding hydrogens is 409 g/mol. The largest absolute Gasteiger partial charge is 0.374 e. The average molecular weight is 429 g/mol. The fourth-order valence-electron chi connectivity index (χ4n) is 3.46. The fraction of sp³-hybridized carbons (Fsp3) is 0.625. The van der Waals surface area contributed by atoms with Gasteiger partial charge in [0.1, 0.15) is 5.60 Å². The first-order valence-electron chi connectivity index (χ1n) is 7.65. The quantitative estimate of drug-likeness (QED) is 0.234. The van der Waals surface area contributed by atoms with Crippen LogP contribution in [0.2, 0.25) is 0 Å². The molecule has 7 heteroatoms. The van der Waals surface area contributed by atoms with E-state index >= 15 is 0 Å². The molecule has 1 heterocycles. The van der Waals surface area contributed by atoms with Gasteiger partial charge >= 0.3 is 0 Å². The average Bonchev–Trinajstić information content (AvgIpc) is 2.88. The first kappa shape index (κ1) is 17.0. The van der Waals surface area contributed by atoms with Crippen molar-refractivity contribution < 1.29 is 14.2 Å². The van der Waals surface area contributed by atoms with Crippen LogP contribution in [0.5, 0.6) is 0 Å². The summed E-state index contributed by atoms with van der Waals surface area (Å²) in [6, 6.07) is 9.69. The lowest BCUT2D eigenvalue weighted by molar-refractivity contribution is -0.181. The van der Waals surface area contributed by atoms with E-state index in [1.807, 2.05) is 44.2 Å². The maximum atomic E-state index is 8.93. The van der Waals surface area contributed by atoms with Gasteiger partial charge in [-0.15, -0.1) is 0 Å². The fourth-order valence-corrected chi connectivity index (χ4v) is 4.68. The summed E-state index contributed by atoms with van der Waals surface area (Å²) >= 11 is 2.31. The van der Waals surface area contributed by atoms with Gasteiger partial charge in [0, 0.05) is 8.84 Å². The van der Waals surface area contributed by atoms with Crippen LogP contribution in [0.4, 0.5) is 0 Å². The Morgan fingerprint density at radius 2 is 2.13 bits per heavy atom. The molecule has 2 aliphatic rings. The summed E-state index contributed by atoms with van der Waals surface area (Å²) in [6.07, 6.45) is 0.674. The van der Waals surface area contributed by atoms with E-state index in [0.717, 1.165) is 12.0 Å². The van der Waals surface area contributed by atoms with Crippen LogP contribution in [-0.4, -0.2) is 34.1 Å². The molecule has 0 spiro atoms. The minimum absolute atomic E-state index is 0.120. The summed E-state index contributed by atoms with van der Waals surface area (Å²) in [5.74, 6) is -0.694. The van der Waals surface area contributed by atoms with Gasteiger partial charge < -0.3 is 14.2 Å². The number of nitrogens with zero attached hydrogens (tertiary/aromatic N) is 3. The monoisotopic (exact) mass is 429 g/mol. The molecule has 1 saturated heterocycles. The van der Waals surface area contributed by atoms with Crippen LogP contribution in [0.15, 0.2) is 35.4 Å². The molecule has 1 aromatic carbocycles. The summed E-state index contributed by atoms with van der Waals surface area (Å²) in [7, 11) is 0. The van der Waals surface area contributed by atoms with Crippen molar-refractivity contribution in [2.75, 3.05) is 6.61 Å². The summed E-state index contributed by atoms with van der Waals surface area (Å²) in [6.45, 7) is 4.62. The molecule has 1 saturated carbocycles. The molecule has 23 heavy (non-hydrogen) atoms. The summed E-state index contributed by atoms with van der Waals surface area (Å²) in [4.78, 5) is 3.02. The number of ether oxygens (including phenoxy) is 3. The molecule has 0 aromatic heterocycles. The molecule has 2 fully saturated rings. The van der Waals surface area contributed by atoms with Crippen LogP contribution in [-0.2, 0) is 20.8 Å². The molecule has 1 aromatic rings. The minimum atomic E-state index is -0.712. The number of benzene rings is 1. The molecule has 3 rings (SSSR count). The summed E-state index contributed by atoms with van der Waals surface area (Å²) in [5.41, 5.74) is 9.32. The number of halogens is 1. The standard InChI is InChI=1S/C16H20IN3O3/c1-15(2)22-13-8-12(17)14(19-20-18)16(13,23-15)10-21-9-11-6-4-3-5-7-11/h3-7,12-14H,8-10H2,1-2H3/t12-,13+,14+,16+/m1/s1. The zero-order valence-corrected chi connectivity index (χ0v) is 15.3. The lowest BCUT2D eigenvalue weighted by atomic mass is 9.97. The maximum Gasteiger partial charge on any atom is 0.164 e. The van der Waals surface area contributed by atoms with Crippen molar-refractivity contribution in [2.45, 2.75) is 54.3 Å². The third-order valence-corrected chi connectivity index (χ3v) is 5.49. The Hall–Kier alpha value is -0.860. The zero-order chi connectivity index (χ0) is 16.5. The predicted octanol–water partition coefficient (Wildman–Crippen LogP) is 3.98. The Bertz CT molecular complexity index is 606. The molecule has 6 nitrogen and oxygen atoms in total. The Labute approximate surface area is 149 Å². The van der Waals surface area contributed by atoms with Crippen molar-refractivity contribution in [3.8, 4) is 0 Å². The number of rotatable bonds is 5. The lowest BCUT2D eigenvalue weighted by Crippen LogP contribution is -2.50. The molecule has 124 valence electrons. The Balaban J connectivity index is 1.77. The van der Waals surface area contributed by atoms with E-state index in [0.29, 0.717) is 13.2 Å². The lowest BCUT2D eigenvalue weighted by Gasteiger charge is -2.33. The Morgan fingerprint density at radius 3 is 2.83 bits per heavy atom. The summed E-state index contributed by atoms with van der Waals surface area (Å²) in [5, 5.41) is 4.00. The first-order valence-corrected chi connectivity index (χ1v) is 8.89. The maximum absolute atomic E-state index is 8.93. The number of hydrogen-bond acceptors (Lipinski definition) is 4. The summed E-state index contributed by atoms with van der Waals surface area (Å²) < 4.78 is 18.4. The molecule has 1 aliphatic heterocycles. The van der Waals surface area contributed by atoms with Gasteiger partial charge in [-0.1, -0.05) is 58.0 Å². The Kier molecular flexibility index (Phi) is 4.85. The van der Waals surface area contributed by atoms with Gasteiger partial charge in [0.15, 0.2) is 5.79 Å². The van der Waals surface area contributed by atoms with Gasteiger partial charge in [0.2, 0.25) is 0 Å². The molecule has 1 aliphatic carbocycles. The van der Waals surface area contributed by atoms with Gasteiger partial charge in [-0.05, 0) is 31.4 Å².